The lowest BCUT2D eigenvalue weighted by Gasteiger charge is -2.26. The summed E-state index contributed by atoms with van der Waals surface area (Å²) in [6, 6.07) is 19.1. The second kappa shape index (κ2) is 14.5. The van der Waals surface area contributed by atoms with E-state index in [2.05, 4.69) is 26.2 Å². The summed E-state index contributed by atoms with van der Waals surface area (Å²) in [6.45, 7) is -1.21. The minimum absolute atomic E-state index is 0.0223. The molecule has 11 nitrogen and oxygen atoms in total. The van der Waals surface area contributed by atoms with Crippen LogP contribution in [0, 0.1) is 11.3 Å². The minimum atomic E-state index is -3.39. The number of pyridine rings is 1. The van der Waals surface area contributed by atoms with E-state index in [-0.39, 0.29) is 29.8 Å². The first-order chi connectivity index (χ1) is 22.2. The number of hydrogen-bond acceptors (Lipinski definition) is 9. The predicted molar refractivity (Wildman–Crippen MR) is 165 cm³/mol. The van der Waals surface area contributed by atoms with Crippen LogP contribution in [0.25, 0.3) is 5.69 Å². The number of ether oxygens (including phenoxy) is 2. The zero-order valence-corrected chi connectivity index (χ0v) is 25.7. The smallest absolute Gasteiger partial charge is 0.345 e. The third kappa shape index (κ3) is 7.85. The van der Waals surface area contributed by atoms with Crippen LogP contribution < -0.4 is 15.0 Å². The molecule has 3 atom stereocenters. The van der Waals surface area contributed by atoms with Gasteiger partial charge in [0.15, 0.2) is 9.84 Å². The van der Waals surface area contributed by atoms with Crippen LogP contribution in [0.1, 0.15) is 41.7 Å². The highest BCUT2D eigenvalue weighted by molar-refractivity contribution is 7.91. The molecule has 1 aliphatic heterocycles. The molecule has 0 bridgehead atoms. The molecule has 1 unspecified atom stereocenters. The van der Waals surface area contributed by atoms with Gasteiger partial charge >= 0.3 is 6.61 Å². The van der Waals surface area contributed by atoms with Crippen LogP contribution in [0.2, 0.25) is 0 Å². The Morgan fingerprint density at radius 3 is 2.46 bits per heavy atom. The Morgan fingerprint density at radius 1 is 1.11 bits per heavy atom. The molecule has 5 rings (SSSR count). The number of sulfone groups is 1. The van der Waals surface area contributed by atoms with E-state index < -0.39 is 34.4 Å². The summed E-state index contributed by atoms with van der Waals surface area (Å²) in [4.78, 5) is 19.6. The van der Waals surface area contributed by atoms with Crippen molar-refractivity contribution in [2.45, 2.75) is 49.5 Å². The van der Waals surface area contributed by atoms with E-state index in [0.717, 1.165) is 5.69 Å². The molecule has 1 aliphatic rings. The van der Waals surface area contributed by atoms with Crippen molar-refractivity contribution in [2.24, 2.45) is 0 Å². The van der Waals surface area contributed by atoms with Crippen LogP contribution in [0.15, 0.2) is 90.2 Å². The maximum absolute atomic E-state index is 13.1. The van der Waals surface area contributed by atoms with Crippen molar-refractivity contribution >= 4 is 21.4 Å². The van der Waals surface area contributed by atoms with E-state index >= 15 is 0 Å². The Bertz CT molecular complexity index is 1750. The van der Waals surface area contributed by atoms with Crippen molar-refractivity contribution in [3.8, 4) is 17.6 Å². The highest BCUT2D eigenvalue weighted by atomic mass is 32.2. The average molecular weight is 651 g/mol. The number of rotatable bonds is 13. The molecule has 2 aromatic carbocycles. The molecule has 0 spiro atoms. The van der Waals surface area contributed by atoms with Crippen molar-refractivity contribution < 1.29 is 31.5 Å². The van der Waals surface area contributed by atoms with Gasteiger partial charge in [0.05, 0.1) is 60.3 Å². The highest BCUT2D eigenvalue weighted by Crippen LogP contribution is 2.29. The Kier molecular flexibility index (Phi) is 10.2. The van der Waals surface area contributed by atoms with Crippen LogP contribution in [-0.2, 0) is 14.6 Å². The summed E-state index contributed by atoms with van der Waals surface area (Å²) in [5.74, 6) is -0.0803. The third-order valence-corrected chi connectivity index (χ3v) is 9.40. The first-order valence-electron chi connectivity index (χ1n) is 14.6. The summed E-state index contributed by atoms with van der Waals surface area (Å²) < 4.78 is 62.6. The topological polar surface area (TPSA) is 139 Å². The first kappa shape index (κ1) is 32.5. The summed E-state index contributed by atoms with van der Waals surface area (Å²) in [6.07, 6.45) is 5.11. The van der Waals surface area contributed by atoms with E-state index in [1.165, 1.54) is 12.1 Å². The van der Waals surface area contributed by atoms with Gasteiger partial charge in [-0.2, -0.15) is 19.1 Å². The van der Waals surface area contributed by atoms with Crippen molar-refractivity contribution in [3.63, 3.8) is 0 Å². The molecule has 0 radical (unpaired) electrons. The standard InChI is InChI=1S/C32H32F2N6O5S/c1-2-46(42,43)28-11-6-22(7-12-28)29(14-15-35)38-31(41)23-4-8-24(9-5-23)39-20-27(18-26(39)21-44-32(33)34)45-30-13-10-25(19-36-30)40-17-3-16-37-40/h3-13,16-17,19,26-27,29,32H,2,14,18,20-21H2,1H3,(H,38,41)/t26-,27-,29?/m0/s1. The number of carbonyl (C=O) groups is 1. The second-order valence-electron chi connectivity index (χ2n) is 10.6. The summed E-state index contributed by atoms with van der Waals surface area (Å²) >= 11 is 0. The van der Waals surface area contributed by atoms with Gasteiger partial charge in [-0.15, -0.1) is 0 Å². The summed E-state index contributed by atoms with van der Waals surface area (Å²) in [5.41, 5.74) is 2.37. The molecule has 1 N–H and O–H groups in total. The predicted octanol–water partition coefficient (Wildman–Crippen LogP) is 4.71. The summed E-state index contributed by atoms with van der Waals surface area (Å²) in [7, 11) is -3.39. The fourth-order valence-corrected chi connectivity index (χ4v) is 6.13. The summed E-state index contributed by atoms with van der Waals surface area (Å²) in [5, 5.41) is 16.4. The van der Waals surface area contributed by atoms with E-state index in [1.54, 1.807) is 78.7 Å². The van der Waals surface area contributed by atoms with Crippen molar-refractivity contribution in [1.29, 1.82) is 5.26 Å². The van der Waals surface area contributed by atoms with Gasteiger partial charge in [0.1, 0.15) is 6.10 Å². The molecule has 240 valence electrons. The molecule has 4 aromatic rings. The maximum atomic E-state index is 13.1. The molecule has 3 heterocycles. The molecule has 1 amide bonds. The fraction of sp³-hybridized carbons (Fsp3) is 0.312. The number of anilines is 1. The molecule has 0 aliphatic carbocycles. The molecule has 46 heavy (non-hydrogen) atoms. The van der Waals surface area contributed by atoms with Crippen LogP contribution in [-0.4, -0.2) is 66.8 Å². The van der Waals surface area contributed by atoms with Crippen LogP contribution in [0.5, 0.6) is 5.88 Å². The van der Waals surface area contributed by atoms with Gasteiger partial charge in [-0.3, -0.25) is 4.79 Å². The number of hydrogen-bond donors (Lipinski definition) is 1. The highest BCUT2D eigenvalue weighted by Gasteiger charge is 2.35. The minimum Gasteiger partial charge on any atom is -0.472 e. The Labute approximate surface area is 265 Å². The van der Waals surface area contributed by atoms with Crippen LogP contribution in [0.3, 0.4) is 0 Å². The number of halogens is 2. The normalized spacial score (nSPS) is 17.1. The molecule has 0 saturated carbocycles. The van der Waals surface area contributed by atoms with Gasteiger partial charge in [-0.25, -0.2) is 18.1 Å². The van der Waals surface area contributed by atoms with Gasteiger partial charge < -0.3 is 19.7 Å². The number of aromatic nitrogens is 3. The molecular weight excluding hydrogens is 618 g/mol. The van der Waals surface area contributed by atoms with Crippen LogP contribution in [0.4, 0.5) is 14.5 Å². The van der Waals surface area contributed by atoms with Crippen molar-refractivity contribution in [2.75, 3.05) is 23.8 Å². The quantitative estimate of drug-likeness (QED) is 0.218. The number of benzene rings is 2. The maximum Gasteiger partial charge on any atom is 0.345 e. The number of alkyl halides is 2. The second-order valence-corrected chi connectivity index (χ2v) is 12.9. The Morgan fingerprint density at radius 2 is 1.85 bits per heavy atom. The van der Waals surface area contributed by atoms with Gasteiger partial charge in [-0.05, 0) is 54.1 Å². The fourth-order valence-electron chi connectivity index (χ4n) is 5.25. The lowest BCUT2D eigenvalue weighted by molar-refractivity contribution is -0.131. The number of nitrogens with zero attached hydrogens (tertiary/aromatic N) is 5. The zero-order chi connectivity index (χ0) is 32.7. The molecule has 2 aromatic heterocycles. The largest absolute Gasteiger partial charge is 0.472 e. The lowest BCUT2D eigenvalue weighted by atomic mass is 10.0. The van der Waals surface area contributed by atoms with E-state index in [1.807, 2.05) is 11.0 Å². The lowest BCUT2D eigenvalue weighted by Crippen LogP contribution is -2.34. The number of amides is 1. The number of nitriles is 1. The third-order valence-electron chi connectivity index (χ3n) is 7.65. The SMILES string of the molecule is CCS(=O)(=O)c1ccc(C(CC#N)NC(=O)c2ccc(N3C[C@@H](Oc4ccc(-n5cccn5)cn4)C[C@H]3COC(F)F)cc2)cc1. The van der Waals surface area contributed by atoms with E-state index in [9.17, 15) is 27.3 Å². The van der Waals surface area contributed by atoms with Gasteiger partial charge in [0.2, 0.25) is 5.88 Å². The monoisotopic (exact) mass is 650 g/mol. The molecule has 1 saturated heterocycles. The molecule has 1 fully saturated rings. The van der Waals surface area contributed by atoms with Gasteiger partial charge in [-0.1, -0.05) is 19.1 Å². The van der Waals surface area contributed by atoms with E-state index in [0.29, 0.717) is 35.7 Å². The number of nitrogens with one attached hydrogen (secondary N) is 1. The number of carbonyl (C=O) groups excluding carboxylic acids is 1. The average Bonchev–Trinajstić information content (AvgIpc) is 3.75. The zero-order valence-electron chi connectivity index (χ0n) is 24.9. The molecule has 14 heteroatoms. The molecular formula is C32H32F2N6O5S. The van der Waals surface area contributed by atoms with Crippen molar-refractivity contribution in [3.05, 3.63) is 96.4 Å². The first-order valence-corrected chi connectivity index (χ1v) is 16.2. The van der Waals surface area contributed by atoms with Crippen LogP contribution >= 0.6 is 0 Å². The van der Waals surface area contributed by atoms with E-state index in [4.69, 9.17) is 4.74 Å². The Balaban J connectivity index is 1.26. The Hall–Kier alpha value is -4.87. The van der Waals surface area contributed by atoms with Gasteiger partial charge in [0.25, 0.3) is 5.91 Å². The van der Waals surface area contributed by atoms with Gasteiger partial charge in [0, 0.05) is 36.1 Å². The van der Waals surface area contributed by atoms with Crippen molar-refractivity contribution in [1.82, 2.24) is 20.1 Å².